The molecule has 28 heavy (non-hydrogen) atoms. The average molecular weight is 443 g/mol. The van der Waals surface area contributed by atoms with E-state index in [0.717, 1.165) is 12.8 Å². The van der Waals surface area contributed by atoms with E-state index in [1.165, 1.54) is 83.5 Å². The first-order valence-electron chi connectivity index (χ1n) is 11.4. The minimum Gasteiger partial charge on any atom is -1.00 e. The molecule has 0 aromatic heterocycles. The van der Waals surface area contributed by atoms with Crippen molar-refractivity contribution in [3.05, 3.63) is 0 Å². The summed E-state index contributed by atoms with van der Waals surface area (Å²) in [6.07, 6.45) is 19.8. The van der Waals surface area contributed by atoms with Gasteiger partial charge in [0.05, 0.1) is 21.1 Å². The molecule has 0 heterocycles. The van der Waals surface area contributed by atoms with Crippen LogP contribution in [-0.2, 0) is 4.79 Å². The largest absolute Gasteiger partial charge is 1.00 e. The number of hydrogen-bond donors (Lipinski definition) is 1. The number of aliphatic hydroxyl groups excluding tert-OH is 1. The Morgan fingerprint density at radius 2 is 1.04 bits per heavy atom. The molecule has 0 radical (unpaired) electrons. The molecular formula is C23H49Cl2NO2. The normalized spacial score (nSPS) is 12.2. The molecule has 0 aromatic rings. The van der Waals surface area contributed by atoms with E-state index in [-0.39, 0.29) is 30.6 Å². The SMILES string of the molecule is CCCCCCCCCCCCCCCCCC(=O)C(O)C[N+](C)(C)C.Cl.[Cl-]. The Balaban J connectivity index is -0.00000312. The Hall–Kier alpha value is 0.170. The van der Waals surface area contributed by atoms with E-state index in [1.54, 1.807) is 0 Å². The molecule has 0 spiro atoms. The lowest BCUT2D eigenvalue weighted by atomic mass is 10.0. The minimum atomic E-state index is -0.790. The molecule has 1 N–H and O–H groups in total. The molecule has 0 saturated carbocycles. The van der Waals surface area contributed by atoms with Crippen molar-refractivity contribution < 1.29 is 26.8 Å². The van der Waals surface area contributed by atoms with Gasteiger partial charge in [-0.1, -0.05) is 96.8 Å². The van der Waals surface area contributed by atoms with Crippen molar-refractivity contribution in [2.45, 2.75) is 116 Å². The fourth-order valence-corrected chi connectivity index (χ4v) is 3.46. The monoisotopic (exact) mass is 441 g/mol. The number of aliphatic hydroxyl groups is 1. The van der Waals surface area contributed by atoms with Gasteiger partial charge in [0, 0.05) is 6.42 Å². The molecule has 0 aliphatic rings. The van der Waals surface area contributed by atoms with Crippen molar-refractivity contribution >= 4 is 18.2 Å². The third kappa shape index (κ3) is 24.2. The van der Waals surface area contributed by atoms with Crippen molar-refractivity contribution in [2.75, 3.05) is 27.7 Å². The fourth-order valence-electron chi connectivity index (χ4n) is 3.46. The summed E-state index contributed by atoms with van der Waals surface area (Å²) in [7, 11) is 6.01. The highest BCUT2D eigenvalue weighted by atomic mass is 35.5. The number of rotatable bonds is 19. The Labute approximate surface area is 188 Å². The Kier molecular flexibility index (Phi) is 25.6. The van der Waals surface area contributed by atoms with Gasteiger partial charge in [0.2, 0.25) is 0 Å². The standard InChI is InChI=1S/C23H48NO2.2ClH/c1-5-6-7-8-9-10-11-12-13-14-15-16-17-18-19-20-22(25)23(26)21-24(2,3)4;;/h23,26H,5-21H2,1-4H3;2*1H/q+1;;/p-1. The lowest BCUT2D eigenvalue weighted by Gasteiger charge is -2.26. The quantitative estimate of drug-likeness (QED) is 0.246. The molecule has 5 heteroatoms. The third-order valence-electron chi connectivity index (χ3n) is 5.12. The molecule has 0 saturated heterocycles. The van der Waals surface area contributed by atoms with E-state index < -0.39 is 6.10 Å². The van der Waals surface area contributed by atoms with E-state index in [0.29, 0.717) is 17.4 Å². The summed E-state index contributed by atoms with van der Waals surface area (Å²) in [6, 6.07) is 0. The van der Waals surface area contributed by atoms with Crippen LogP contribution in [0.4, 0.5) is 0 Å². The maximum absolute atomic E-state index is 11.9. The van der Waals surface area contributed by atoms with Crippen LogP contribution < -0.4 is 12.4 Å². The molecule has 0 amide bonds. The van der Waals surface area contributed by atoms with Gasteiger partial charge >= 0.3 is 0 Å². The van der Waals surface area contributed by atoms with Crippen LogP contribution in [-0.4, -0.2) is 49.2 Å². The number of carbonyl (C=O) groups excluding carboxylic acids is 1. The molecule has 0 rings (SSSR count). The molecule has 0 aliphatic heterocycles. The lowest BCUT2D eigenvalue weighted by Crippen LogP contribution is -3.00. The number of hydrogen-bond acceptors (Lipinski definition) is 2. The molecule has 1 unspecified atom stereocenters. The maximum Gasteiger partial charge on any atom is 0.167 e. The maximum atomic E-state index is 11.9. The van der Waals surface area contributed by atoms with E-state index >= 15 is 0 Å². The van der Waals surface area contributed by atoms with Gasteiger partial charge in [0.1, 0.15) is 6.54 Å². The second kappa shape index (κ2) is 21.9. The van der Waals surface area contributed by atoms with Gasteiger partial charge in [-0.2, -0.15) is 0 Å². The van der Waals surface area contributed by atoms with Crippen LogP contribution in [0.1, 0.15) is 110 Å². The predicted octanol–water partition coefficient (Wildman–Crippen LogP) is 3.31. The van der Waals surface area contributed by atoms with E-state index in [9.17, 15) is 9.90 Å². The summed E-state index contributed by atoms with van der Waals surface area (Å²) in [5.74, 6) is 0.0211. The Morgan fingerprint density at radius 3 is 1.36 bits per heavy atom. The van der Waals surface area contributed by atoms with E-state index in [2.05, 4.69) is 6.92 Å². The van der Waals surface area contributed by atoms with Crippen LogP contribution >= 0.6 is 12.4 Å². The minimum absolute atomic E-state index is 0. The number of quaternary nitrogens is 1. The highest BCUT2D eigenvalue weighted by Crippen LogP contribution is 2.14. The van der Waals surface area contributed by atoms with Gasteiger partial charge in [-0.05, 0) is 6.42 Å². The first kappa shape index (κ1) is 32.8. The zero-order chi connectivity index (χ0) is 19.7. The summed E-state index contributed by atoms with van der Waals surface area (Å²) in [5, 5.41) is 9.90. The van der Waals surface area contributed by atoms with Crippen LogP contribution in [0.15, 0.2) is 0 Å². The van der Waals surface area contributed by atoms with Gasteiger partial charge in [-0.25, -0.2) is 0 Å². The highest BCUT2D eigenvalue weighted by molar-refractivity contribution is 5.85. The molecular weight excluding hydrogens is 393 g/mol. The topological polar surface area (TPSA) is 37.3 Å². The number of Topliss-reactive ketones (excluding diaryl/α,β-unsaturated/α-hetero) is 1. The summed E-state index contributed by atoms with van der Waals surface area (Å²) in [6.45, 7) is 2.79. The van der Waals surface area contributed by atoms with Crippen molar-refractivity contribution in [1.29, 1.82) is 0 Å². The molecule has 0 bridgehead atoms. The summed E-state index contributed by atoms with van der Waals surface area (Å²) >= 11 is 0. The summed E-state index contributed by atoms with van der Waals surface area (Å²) in [4.78, 5) is 11.9. The van der Waals surface area contributed by atoms with Crippen LogP contribution in [0.5, 0.6) is 0 Å². The number of halogens is 2. The van der Waals surface area contributed by atoms with Crippen LogP contribution in [0.2, 0.25) is 0 Å². The summed E-state index contributed by atoms with van der Waals surface area (Å²) in [5.41, 5.74) is 0. The average Bonchev–Trinajstić information content (AvgIpc) is 2.56. The Bertz CT molecular complexity index is 333. The van der Waals surface area contributed by atoms with Gasteiger partial charge in [-0.15, -0.1) is 12.4 Å². The van der Waals surface area contributed by atoms with Gasteiger partial charge in [0.15, 0.2) is 11.9 Å². The van der Waals surface area contributed by atoms with Crippen LogP contribution in [0.3, 0.4) is 0 Å². The van der Waals surface area contributed by atoms with E-state index in [4.69, 9.17) is 0 Å². The highest BCUT2D eigenvalue weighted by Gasteiger charge is 2.21. The van der Waals surface area contributed by atoms with Crippen LogP contribution in [0.25, 0.3) is 0 Å². The third-order valence-corrected chi connectivity index (χ3v) is 5.12. The van der Waals surface area contributed by atoms with E-state index in [1.807, 2.05) is 21.1 Å². The zero-order valence-electron chi connectivity index (χ0n) is 19.2. The number of likely N-dealkylation sites (N-methyl/N-ethyl adjacent to an activating group) is 1. The van der Waals surface area contributed by atoms with Gasteiger partial charge in [-0.3, -0.25) is 4.79 Å². The number of nitrogens with zero attached hydrogens (tertiary/aromatic N) is 1. The molecule has 1 atom stereocenters. The van der Waals surface area contributed by atoms with Crippen LogP contribution in [0, 0.1) is 0 Å². The number of ketones is 1. The molecule has 0 fully saturated rings. The number of carbonyl (C=O) groups is 1. The summed E-state index contributed by atoms with van der Waals surface area (Å²) < 4.78 is 0.631. The Morgan fingerprint density at radius 1 is 0.714 bits per heavy atom. The number of unbranched alkanes of at least 4 members (excludes halogenated alkanes) is 14. The molecule has 3 nitrogen and oxygen atoms in total. The van der Waals surface area contributed by atoms with Gasteiger partial charge < -0.3 is 22.0 Å². The molecule has 172 valence electrons. The lowest BCUT2D eigenvalue weighted by molar-refractivity contribution is -0.872. The first-order chi connectivity index (χ1) is 12.4. The fraction of sp³-hybridized carbons (Fsp3) is 0.957. The van der Waals surface area contributed by atoms with Crippen molar-refractivity contribution in [2.24, 2.45) is 0 Å². The zero-order valence-corrected chi connectivity index (χ0v) is 20.8. The second-order valence-corrected chi connectivity index (χ2v) is 9.15. The smallest absolute Gasteiger partial charge is 0.167 e. The molecule has 0 aromatic carbocycles. The molecule has 0 aliphatic carbocycles. The van der Waals surface area contributed by atoms with Crippen molar-refractivity contribution in [1.82, 2.24) is 0 Å². The predicted molar refractivity (Wildman–Crippen MR) is 121 cm³/mol. The van der Waals surface area contributed by atoms with Crippen molar-refractivity contribution in [3.63, 3.8) is 0 Å². The van der Waals surface area contributed by atoms with Gasteiger partial charge in [0.25, 0.3) is 0 Å². The second-order valence-electron chi connectivity index (χ2n) is 9.15. The first-order valence-corrected chi connectivity index (χ1v) is 11.4. The van der Waals surface area contributed by atoms with Crippen molar-refractivity contribution in [3.8, 4) is 0 Å².